The van der Waals surface area contributed by atoms with E-state index in [9.17, 15) is 18.0 Å². The summed E-state index contributed by atoms with van der Waals surface area (Å²) in [6.45, 7) is 0. The first-order valence-corrected chi connectivity index (χ1v) is 4.74. The topological polar surface area (TPSA) is 61.5 Å². The molecule has 1 rings (SSSR count). The summed E-state index contributed by atoms with van der Waals surface area (Å²) in [4.78, 5) is 11.0. The van der Waals surface area contributed by atoms with E-state index in [1.165, 1.54) is 18.2 Å². The molecule has 4 nitrogen and oxygen atoms in total. The molecule has 7 heteroatoms. The molecule has 18 heavy (non-hydrogen) atoms. The SMILES string of the molecule is COC(=O)/C(N)=C/c1ccccc1OC(F)(F)F. The molecule has 1 aromatic rings. The van der Waals surface area contributed by atoms with Crippen LogP contribution in [0.1, 0.15) is 5.56 Å². The van der Waals surface area contributed by atoms with Gasteiger partial charge in [-0.1, -0.05) is 18.2 Å². The minimum absolute atomic E-state index is 0.0257. The summed E-state index contributed by atoms with van der Waals surface area (Å²) in [5.74, 6) is -1.28. The van der Waals surface area contributed by atoms with E-state index in [1.54, 1.807) is 0 Å². The average Bonchev–Trinajstić information content (AvgIpc) is 2.28. The zero-order chi connectivity index (χ0) is 13.8. The highest BCUT2D eigenvalue weighted by molar-refractivity contribution is 5.92. The number of ether oxygens (including phenoxy) is 2. The van der Waals surface area contributed by atoms with E-state index in [2.05, 4.69) is 9.47 Å². The number of hydrogen-bond acceptors (Lipinski definition) is 4. The van der Waals surface area contributed by atoms with Crippen molar-refractivity contribution in [1.82, 2.24) is 0 Å². The van der Waals surface area contributed by atoms with Gasteiger partial charge in [-0.2, -0.15) is 0 Å². The van der Waals surface area contributed by atoms with E-state index in [1.807, 2.05) is 0 Å². The molecule has 98 valence electrons. The van der Waals surface area contributed by atoms with Crippen LogP contribution in [0.25, 0.3) is 6.08 Å². The molecule has 0 unspecified atom stereocenters. The van der Waals surface area contributed by atoms with Gasteiger partial charge in [0.25, 0.3) is 0 Å². The minimum Gasteiger partial charge on any atom is -0.464 e. The quantitative estimate of drug-likeness (QED) is 0.668. The normalized spacial score (nSPS) is 12.1. The Bertz CT molecular complexity index is 469. The highest BCUT2D eigenvalue weighted by atomic mass is 19.4. The minimum atomic E-state index is -4.82. The predicted octanol–water partition coefficient (Wildman–Crippen LogP) is 2.06. The van der Waals surface area contributed by atoms with Crippen molar-refractivity contribution in [3.05, 3.63) is 35.5 Å². The van der Waals surface area contributed by atoms with Crippen LogP contribution in [0.2, 0.25) is 0 Å². The molecule has 0 saturated carbocycles. The van der Waals surface area contributed by atoms with Crippen LogP contribution in [-0.2, 0) is 9.53 Å². The first-order chi connectivity index (χ1) is 8.33. The standard InChI is InChI=1S/C11H10F3NO3/c1-17-10(16)8(15)6-7-4-2-3-5-9(7)18-11(12,13)14/h2-6H,15H2,1H3/b8-6-. The largest absolute Gasteiger partial charge is 0.573 e. The third-order valence-electron chi connectivity index (χ3n) is 1.88. The van der Waals surface area contributed by atoms with E-state index >= 15 is 0 Å². The van der Waals surface area contributed by atoms with Crippen molar-refractivity contribution < 1.29 is 27.4 Å². The lowest BCUT2D eigenvalue weighted by Gasteiger charge is -2.11. The summed E-state index contributed by atoms with van der Waals surface area (Å²) in [6.07, 6.45) is -3.77. The zero-order valence-electron chi connectivity index (χ0n) is 9.32. The zero-order valence-corrected chi connectivity index (χ0v) is 9.32. The molecule has 0 aliphatic rings. The number of alkyl halides is 3. The molecular weight excluding hydrogens is 251 g/mol. The van der Waals surface area contributed by atoms with Crippen LogP contribution in [0, 0.1) is 0 Å². The number of para-hydroxylation sites is 1. The summed E-state index contributed by atoms with van der Waals surface area (Å²) >= 11 is 0. The van der Waals surface area contributed by atoms with Crippen molar-refractivity contribution in [1.29, 1.82) is 0 Å². The highest BCUT2D eigenvalue weighted by Crippen LogP contribution is 2.27. The molecule has 2 N–H and O–H groups in total. The summed E-state index contributed by atoms with van der Waals surface area (Å²) in [5.41, 5.74) is 5.04. The van der Waals surface area contributed by atoms with Crippen LogP contribution in [0.4, 0.5) is 13.2 Å². The monoisotopic (exact) mass is 261 g/mol. The lowest BCUT2D eigenvalue weighted by molar-refractivity contribution is -0.274. The maximum Gasteiger partial charge on any atom is 0.573 e. The number of rotatable bonds is 3. The Kier molecular flexibility index (Phi) is 4.19. The van der Waals surface area contributed by atoms with Crippen molar-refractivity contribution >= 4 is 12.0 Å². The number of methoxy groups -OCH3 is 1. The number of benzene rings is 1. The molecule has 0 aliphatic heterocycles. The molecular formula is C11H10F3NO3. The van der Waals surface area contributed by atoms with Gasteiger partial charge in [0.05, 0.1) is 7.11 Å². The first-order valence-electron chi connectivity index (χ1n) is 4.74. The molecule has 0 amide bonds. The average molecular weight is 261 g/mol. The molecule has 0 fully saturated rings. The van der Waals surface area contributed by atoms with Gasteiger partial charge in [0.1, 0.15) is 11.4 Å². The van der Waals surface area contributed by atoms with Gasteiger partial charge in [0.15, 0.2) is 0 Å². The summed E-state index contributed by atoms with van der Waals surface area (Å²) in [5, 5.41) is 0. The Balaban J connectivity index is 3.06. The summed E-state index contributed by atoms with van der Waals surface area (Å²) in [7, 11) is 1.11. The fourth-order valence-corrected chi connectivity index (χ4v) is 1.16. The number of hydrogen-bond donors (Lipinski definition) is 1. The summed E-state index contributed by atoms with van der Waals surface area (Å²) < 4.78 is 44.5. The van der Waals surface area contributed by atoms with Gasteiger partial charge >= 0.3 is 12.3 Å². The second-order valence-corrected chi connectivity index (χ2v) is 3.18. The van der Waals surface area contributed by atoms with E-state index in [-0.39, 0.29) is 11.3 Å². The number of halogens is 3. The predicted molar refractivity (Wildman–Crippen MR) is 57.3 cm³/mol. The Morgan fingerprint density at radius 2 is 1.94 bits per heavy atom. The molecule has 1 aromatic carbocycles. The van der Waals surface area contributed by atoms with Crippen molar-refractivity contribution in [3.8, 4) is 5.75 Å². The van der Waals surface area contributed by atoms with Gasteiger partial charge in [0, 0.05) is 5.56 Å². The second kappa shape index (κ2) is 5.44. The van der Waals surface area contributed by atoms with Crippen LogP contribution < -0.4 is 10.5 Å². The smallest absolute Gasteiger partial charge is 0.464 e. The van der Waals surface area contributed by atoms with Crippen molar-refractivity contribution in [2.24, 2.45) is 5.73 Å². The molecule has 0 aromatic heterocycles. The third-order valence-corrected chi connectivity index (χ3v) is 1.88. The maximum atomic E-state index is 12.1. The lowest BCUT2D eigenvalue weighted by atomic mass is 10.1. The number of carbonyl (C=O) groups excluding carboxylic acids is 1. The van der Waals surface area contributed by atoms with Crippen molar-refractivity contribution in [2.45, 2.75) is 6.36 Å². The van der Waals surface area contributed by atoms with E-state index < -0.39 is 18.1 Å². The lowest BCUT2D eigenvalue weighted by Crippen LogP contribution is -2.18. The Morgan fingerprint density at radius 3 is 2.50 bits per heavy atom. The summed E-state index contributed by atoms with van der Waals surface area (Å²) in [6, 6.07) is 5.30. The fourth-order valence-electron chi connectivity index (χ4n) is 1.16. The molecule has 0 aliphatic carbocycles. The van der Waals surface area contributed by atoms with E-state index in [4.69, 9.17) is 5.73 Å². The van der Waals surface area contributed by atoms with Crippen molar-refractivity contribution in [3.63, 3.8) is 0 Å². The maximum absolute atomic E-state index is 12.1. The van der Waals surface area contributed by atoms with Gasteiger partial charge in [-0.15, -0.1) is 13.2 Å². The van der Waals surface area contributed by atoms with Gasteiger partial charge in [0.2, 0.25) is 0 Å². The van der Waals surface area contributed by atoms with Gasteiger partial charge in [-0.3, -0.25) is 0 Å². The van der Waals surface area contributed by atoms with Gasteiger partial charge in [-0.25, -0.2) is 4.79 Å². The van der Waals surface area contributed by atoms with Crippen LogP contribution in [0.15, 0.2) is 30.0 Å². The molecule has 0 saturated heterocycles. The molecule has 0 radical (unpaired) electrons. The van der Waals surface area contributed by atoms with Crippen LogP contribution in [0.5, 0.6) is 5.75 Å². The van der Waals surface area contributed by atoms with Gasteiger partial charge < -0.3 is 15.2 Å². The fraction of sp³-hybridized carbons (Fsp3) is 0.182. The Morgan fingerprint density at radius 1 is 1.33 bits per heavy atom. The molecule has 0 atom stereocenters. The first kappa shape index (κ1) is 13.9. The molecule has 0 bridgehead atoms. The van der Waals surface area contributed by atoms with Crippen LogP contribution in [0.3, 0.4) is 0 Å². The van der Waals surface area contributed by atoms with Crippen LogP contribution >= 0.6 is 0 Å². The van der Waals surface area contributed by atoms with E-state index in [0.717, 1.165) is 19.3 Å². The molecule has 0 heterocycles. The molecule has 0 spiro atoms. The van der Waals surface area contributed by atoms with Crippen LogP contribution in [-0.4, -0.2) is 19.4 Å². The number of esters is 1. The number of carbonyl (C=O) groups is 1. The Hall–Kier alpha value is -2.18. The van der Waals surface area contributed by atoms with E-state index in [0.29, 0.717) is 0 Å². The number of nitrogens with two attached hydrogens (primary N) is 1. The second-order valence-electron chi connectivity index (χ2n) is 3.18. The highest BCUT2D eigenvalue weighted by Gasteiger charge is 2.31. The van der Waals surface area contributed by atoms with Crippen molar-refractivity contribution in [2.75, 3.05) is 7.11 Å². The third kappa shape index (κ3) is 4.00. The van der Waals surface area contributed by atoms with Gasteiger partial charge in [-0.05, 0) is 12.1 Å². The Labute approximate surface area is 101 Å².